The van der Waals surface area contributed by atoms with Crippen LogP contribution in [-0.2, 0) is 23.0 Å². The van der Waals surface area contributed by atoms with Gasteiger partial charge >= 0.3 is 51.4 Å². The molecule has 0 saturated heterocycles. The molecule has 3 nitrogen and oxygen atoms in total. The van der Waals surface area contributed by atoms with Crippen molar-refractivity contribution >= 4 is 20.9 Å². The molecule has 0 unspecified atom stereocenters. The minimum absolute atomic E-state index is 0. The van der Waals surface area contributed by atoms with Crippen LogP contribution < -0.4 is 51.4 Å². The van der Waals surface area contributed by atoms with Gasteiger partial charge in [-0.25, -0.2) is 8.42 Å². The van der Waals surface area contributed by atoms with E-state index in [1.165, 1.54) is 89.9 Å². The summed E-state index contributed by atoms with van der Waals surface area (Å²) in [7, 11) is -4.51. The van der Waals surface area contributed by atoms with Gasteiger partial charge in [-0.15, -0.1) is 0 Å². The summed E-state index contributed by atoms with van der Waals surface area (Å²) in [4.78, 5) is 0.0201. The average molecular weight is 555 g/mol. The Labute approximate surface area is 271 Å². The first-order valence-electron chi connectivity index (χ1n) is 15.0. The van der Waals surface area contributed by atoms with Gasteiger partial charge in [0.05, 0.1) is 4.90 Å². The van der Waals surface area contributed by atoms with Gasteiger partial charge in [0.25, 0.3) is 0 Å². The summed E-state index contributed by atoms with van der Waals surface area (Å²) in [6.45, 7) is 4.49. The second-order valence-electron chi connectivity index (χ2n) is 10.7. The van der Waals surface area contributed by atoms with E-state index in [4.69, 9.17) is 0 Å². The van der Waals surface area contributed by atoms with Gasteiger partial charge in [-0.05, 0) is 53.6 Å². The SMILES string of the molecule is CCCCCCCCCCCc1c(S(=O)(=O)[O-])cc2ccccc2c1CCCCCCCCCCC.[K+]. The van der Waals surface area contributed by atoms with Crippen molar-refractivity contribution in [2.75, 3.05) is 0 Å². The Hall–Kier alpha value is 0.246. The van der Waals surface area contributed by atoms with Crippen molar-refractivity contribution < 1.29 is 64.4 Å². The fourth-order valence-corrected chi connectivity index (χ4v) is 6.24. The fourth-order valence-electron chi connectivity index (χ4n) is 5.44. The van der Waals surface area contributed by atoms with Crippen molar-refractivity contribution in [3.8, 4) is 0 Å². The fraction of sp³-hybridized carbons (Fsp3) is 0.688. The van der Waals surface area contributed by atoms with Crippen LogP contribution in [0.3, 0.4) is 0 Å². The summed E-state index contributed by atoms with van der Waals surface area (Å²) >= 11 is 0. The molecule has 0 heterocycles. The Kier molecular flexibility index (Phi) is 20.1. The van der Waals surface area contributed by atoms with Crippen LogP contribution in [0.25, 0.3) is 10.8 Å². The molecule has 204 valence electrons. The Bertz CT molecular complexity index is 971. The Morgan fingerprint density at radius 3 is 1.46 bits per heavy atom. The molecule has 5 heteroatoms. The topological polar surface area (TPSA) is 57.2 Å². The molecule has 0 aliphatic carbocycles. The van der Waals surface area contributed by atoms with Crippen molar-refractivity contribution in [1.29, 1.82) is 0 Å². The molecule has 2 aromatic rings. The molecule has 0 aliphatic heterocycles. The van der Waals surface area contributed by atoms with Gasteiger partial charge in [0.1, 0.15) is 10.1 Å². The maximum Gasteiger partial charge on any atom is 1.00 e. The summed E-state index contributed by atoms with van der Waals surface area (Å²) in [5, 5.41) is 1.99. The third kappa shape index (κ3) is 13.9. The van der Waals surface area contributed by atoms with Crippen molar-refractivity contribution in [3.63, 3.8) is 0 Å². The molecule has 0 spiro atoms. The third-order valence-electron chi connectivity index (χ3n) is 7.56. The van der Waals surface area contributed by atoms with Gasteiger partial charge in [0.2, 0.25) is 0 Å². The third-order valence-corrected chi connectivity index (χ3v) is 8.47. The molecule has 0 N–H and O–H groups in total. The van der Waals surface area contributed by atoms with Crippen LogP contribution in [0.15, 0.2) is 35.2 Å². The number of aryl methyl sites for hydroxylation is 1. The standard InChI is InChI=1S/C32H52O3S.K/c1-3-5-7-9-11-13-15-17-19-25-30-29-24-22-21-23-28(29)27-32(36(33,34)35)31(30)26-20-18-16-14-12-10-8-6-4-2;/h21-24,27H,3-20,25-26H2,1-2H3,(H,33,34,35);/q;+1/p-1. The monoisotopic (exact) mass is 554 g/mol. The zero-order valence-corrected chi connectivity index (χ0v) is 28.1. The average Bonchev–Trinajstić information content (AvgIpc) is 2.86. The number of unbranched alkanes of at least 4 members (excludes halogenated alkanes) is 16. The number of hydrogen-bond donors (Lipinski definition) is 0. The van der Waals surface area contributed by atoms with Crippen LogP contribution >= 0.6 is 0 Å². The van der Waals surface area contributed by atoms with Crippen molar-refractivity contribution in [2.45, 2.75) is 147 Å². The number of hydrogen-bond acceptors (Lipinski definition) is 3. The predicted octanol–water partition coefficient (Wildman–Crippen LogP) is 6.89. The van der Waals surface area contributed by atoms with E-state index in [1.807, 2.05) is 18.2 Å². The van der Waals surface area contributed by atoms with Crippen LogP contribution in [0.5, 0.6) is 0 Å². The molecule has 2 rings (SSSR count). The maximum atomic E-state index is 12.3. The molecule has 2 aromatic carbocycles. The van der Waals surface area contributed by atoms with Crippen molar-refractivity contribution in [1.82, 2.24) is 0 Å². The minimum Gasteiger partial charge on any atom is -0.744 e. The first-order valence-corrected chi connectivity index (χ1v) is 16.4. The van der Waals surface area contributed by atoms with Crippen molar-refractivity contribution in [2.24, 2.45) is 0 Å². The van der Waals surface area contributed by atoms with Crippen LogP contribution in [0.1, 0.15) is 141 Å². The molecule has 0 saturated carbocycles. The summed E-state index contributed by atoms with van der Waals surface area (Å²) in [6.07, 6.45) is 23.9. The molecule has 0 atom stereocenters. The zero-order chi connectivity index (χ0) is 26.1. The van der Waals surface area contributed by atoms with Gasteiger partial charge in [0, 0.05) is 0 Å². The molecule has 0 radical (unpaired) electrons. The maximum absolute atomic E-state index is 12.3. The first kappa shape index (κ1) is 35.3. The zero-order valence-electron chi connectivity index (χ0n) is 24.2. The van der Waals surface area contributed by atoms with Gasteiger partial charge in [-0.3, -0.25) is 0 Å². The molecular weight excluding hydrogens is 504 g/mol. The minimum atomic E-state index is -4.51. The van der Waals surface area contributed by atoms with E-state index in [-0.39, 0.29) is 56.3 Å². The molecule has 0 aliphatic rings. The normalized spacial score (nSPS) is 11.6. The number of fused-ring (bicyclic) bond motifs is 1. The largest absolute Gasteiger partial charge is 1.00 e. The Balaban J connectivity index is 0.00000684. The second kappa shape index (κ2) is 21.1. The second-order valence-corrected chi connectivity index (χ2v) is 12.0. The van der Waals surface area contributed by atoms with Gasteiger partial charge in [-0.2, -0.15) is 0 Å². The first-order chi connectivity index (χ1) is 17.5. The van der Waals surface area contributed by atoms with E-state index in [0.717, 1.165) is 54.0 Å². The molecule has 0 aromatic heterocycles. The number of benzene rings is 2. The summed E-state index contributed by atoms with van der Waals surface area (Å²) < 4.78 is 36.8. The van der Waals surface area contributed by atoms with Crippen molar-refractivity contribution in [3.05, 3.63) is 41.5 Å². The summed E-state index contributed by atoms with van der Waals surface area (Å²) in [5.74, 6) is 0. The van der Waals surface area contributed by atoms with E-state index < -0.39 is 10.1 Å². The predicted molar refractivity (Wildman–Crippen MR) is 154 cm³/mol. The van der Waals surface area contributed by atoms with E-state index >= 15 is 0 Å². The van der Waals surface area contributed by atoms with Gasteiger partial charge in [0.15, 0.2) is 0 Å². The van der Waals surface area contributed by atoms with E-state index in [9.17, 15) is 13.0 Å². The quantitative estimate of drug-likeness (QED) is 0.0958. The molecule has 0 bridgehead atoms. The van der Waals surface area contributed by atoms with E-state index in [0.29, 0.717) is 6.42 Å². The molecule has 0 amide bonds. The van der Waals surface area contributed by atoms with Crippen LogP contribution in [0.4, 0.5) is 0 Å². The Morgan fingerprint density at radius 1 is 0.595 bits per heavy atom. The summed E-state index contributed by atoms with van der Waals surface area (Å²) in [5.41, 5.74) is 1.90. The van der Waals surface area contributed by atoms with E-state index in [1.54, 1.807) is 6.07 Å². The van der Waals surface area contributed by atoms with Gasteiger partial charge in [-0.1, -0.05) is 141 Å². The van der Waals surface area contributed by atoms with E-state index in [2.05, 4.69) is 19.9 Å². The Morgan fingerprint density at radius 2 is 1.00 bits per heavy atom. The number of rotatable bonds is 21. The smallest absolute Gasteiger partial charge is 0.744 e. The summed E-state index contributed by atoms with van der Waals surface area (Å²) in [6, 6.07) is 9.61. The molecule has 0 fully saturated rings. The molecule has 37 heavy (non-hydrogen) atoms. The van der Waals surface area contributed by atoms with Crippen LogP contribution in [0, 0.1) is 0 Å². The van der Waals surface area contributed by atoms with Crippen LogP contribution in [0.2, 0.25) is 0 Å². The molecular formula is C32H51KO3S. The van der Waals surface area contributed by atoms with Gasteiger partial charge < -0.3 is 4.55 Å². The van der Waals surface area contributed by atoms with Crippen LogP contribution in [-0.4, -0.2) is 13.0 Å².